The summed E-state index contributed by atoms with van der Waals surface area (Å²) < 4.78 is 25.4. The molecule has 1 atom stereocenters. The van der Waals surface area contributed by atoms with Crippen LogP contribution in [0.3, 0.4) is 0 Å². The largest absolute Gasteiger partial charge is 0.324 e. The predicted molar refractivity (Wildman–Crippen MR) is 98.3 cm³/mol. The highest BCUT2D eigenvalue weighted by molar-refractivity contribution is 7.92. The summed E-state index contributed by atoms with van der Waals surface area (Å²) in [4.78, 5) is 12.5. The average molecular weight is 387 g/mol. The van der Waals surface area contributed by atoms with E-state index in [-0.39, 0.29) is 0 Å². The van der Waals surface area contributed by atoms with Crippen molar-refractivity contribution >= 4 is 50.5 Å². The highest BCUT2D eigenvalue weighted by Gasteiger charge is 2.29. The highest BCUT2D eigenvalue weighted by Crippen LogP contribution is 2.24. The summed E-state index contributed by atoms with van der Waals surface area (Å²) in [5, 5.41) is 3.61. The fraction of sp³-hybridized carbons (Fsp3) is 0.188. The molecule has 0 fully saturated rings. The van der Waals surface area contributed by atoms with Gasteiger partial charge in [-0.25, -0.2) is 8.42 Å². The fourth-order valence-corrected chi connectivity index (χ4v) is 3.70. The first-order valence-corrected chi connectivity index (χ1v) is 9.60. The lowest BCUT2D eigenvalue weighted by Gasteiger charge is -2.28. The number of nitrogens with zero attached hydrogens (tertiary/aromatic N) is 1. The van der Waals surface area contributed by atoms with Crippen LogP contribution < -0.4 is 9.62 Å². The zero-order chi connectivity index (χ0) is 17.9. The number of amides is 1. The summed E-state index contributed by atoms with van der Waals surface area (Å²) in [5.41, 5.74) is 0.847. The first kappa shape index (κ1) is 18.6. The van der Waals surface area contributed by atoms with Crippen LogP contribution >= 0.6 is 23.2 Å². The normalized spacial score (nSPS) is 12.5. The van der Waals surface area contributed by atoms with Gasteiger partial charge in [-0.1, -0.05) is 29.3 Å². The first-order chi connectivity index (χ1) is 11.2. The second kappa shape index (κ2) is 7.42. The molecule has 0 unspecified atom stereocenters. The molecule has 2 aromatic rings. The molecular formula is C16H16Cl2N2O3S. The minimum absolute atomic E-state index is 0.357. The van der Waals surface area contributed by atoms with Crippen molar-refractivity contribution in [2.24, 2.45) is 0 Å². The zero-order valence-corrected chi connectivity index (χ0v) is 15.4. The van der Waals surface area contributed by atoms with Gasteiger partial charge in [0.25, 0.3) is 0 Å². The van der Waals surface area contributed by atoms with Gasteiger partial charge in [0.05, 0.1) is 11.9 Å². The maximum atomic E-state index is 12.5. The Morgan fingerprint density at radius 2 is 1.71 bits per heavy atom. The Labute approximate surface area is 151 Å². The molecule has 1 amide bonds. The van der Waals surface area contributed by atoms with Gasteiger partial charge in [0.15, 0.2) is 0 Å². The van der Waals surface area contributed by atoms with Crippen LogP contribution in [0.15, 0.2) is 48.5 Å². The maximum absolute atomic E-state index is 12.5. The highest BCUT2D eigenvalue weighted by atomic mass is 35.5. The fourth-order valence-electron chi connectivity index (χ4n) is 2.21. The van der Waals surface area contributed by atoms with Gasteiger partial charge >= 0.3 is 0 Å². The standard InChI is InChI=1S/C16H16Cl2N2O3S/c1-11(16(21)19-14-5-3-4-13(18)10-14)20(24(2,22)23)15-8-6-12(17)7-9-15/h3-11H,1-2H3,(H,19,21)/t11-/m1/s1. The third-order valence-electron chi connectivity index (χ3n) is 3.26. The number of benzene rings is 2. The molecule has 0 radical (unpaired) electrons. The molecule has 0 bridgehead atoms. The molecule has 128 valence electrons. The summed E-state index contributed by atoms with van der Waals surface area (Å²) >= 11 is 11.7. The zero-order valence-electron chi connectivity index (χ0n) is 13.0. The van der Waals surface area contributed by atoms with Crippen molar-refractivity contribution in [3.8, 4) is 0 Å². The number of halogens is 2. The Bertz CT molecular complexity index is 839. The van der Waals surface area contributed by atoms with Crippen LogP contribution in [0.1, 0.15) is 6.92 Å². The molecule has 0 heterocycles. The molecule has 0 aromatic heterocycles. The van der Waals surface area contributed by atoms with Crippen molar-refractivity contribution in [1.29, 1.82) is 0 Å². The third kappa shape index (κ3) is 4.63. The molecule has 5 nitrogen and oxygen atoms in total. The summed E-state index contributed by atoms with van der Waals surface area (Å²) in [5.74, 6) is -0.474. The second-order valence-electron chi connectivity index (χ2n) is 5.21. The van der Waals surface area contributed by atoms with Crippen molar-refractivity contribution in [3.05, 3.63) is 58.6 Å². The summed E-state index contributed by atoms with van der Waals surface area (Å²) in [6, 6.07) is 11.9. The molecule has 2 aromatic carbocycles. The van der Waals surface area contributed by atoms with E-state index in [1.807, 2.05) is 0 Å². The van der Waals surface area contributed by atoms with E-state index in [9.17, 15) is 13.2 Å². The Kier molecular flexibility index (Phi) is 5.74. The lowest BCUT2D eigenvalue weighted by atomic mass is 10.2. The Morgan fingerprint density at radius 3 is 2.25 bits per heavy atom. The van der Waals surface area contributed by atoms with Gasteiger partial charge in [0.1, 0.15) is 6.04 Å². The molecule has 0 aliphatic heterocycles. The second-order valence-corrected chi connectivity index (χ2v) is 7.94. The third-order valence-corrected chi connectivity index (χ3v) is 4.99. The molecular weight excluding hydrogens is 371 g/mol. The SMILES string of the molecule is C[C@H](C(=O)Nc1cccc(Cl)c1)N(c1ccc(Cl)cc1)S(C)(=O)=O. The molecule has 2 rings (SSSR count). The van der Waals surface area contributed by atoms with Gasteiger partial charge in [-0.2, -0.15) is 0 Å². The lowest BCUT2D eigenvalue weighted by Crippen LogP contribution is -2.45. The quantitative estimate of drug-likeness (QED) is 0.849. The van der Waals surface area contributed by atoms with Gasteiger partial charge in [0.2, 0.25) is 15.9 Å². The number of carbonyl (C=O) groups excluding carboxylic acids is 1. The Balaban J connectivity index is 2.29. The van der Waals surface area contributed by atoms with Gasteiger partial charge < -0.3 is 5.32 Å². The van der Waals surface area contributed by atoms with Crippen molar-refractivity contribution < 1.29 is 13.2 Å². The van der Waals surface area contributed by atoms with Crippen LogP contribution in [0.5, 0.6) is 0 Å². The molecule has 0 spiro atoms. The van der Waals surface area contributed by atoms with Gasteiger partial charge in [-0.15, -0.1) is 0 Å². The predicted octanol–water partition coefficient (Wildman–Crippen LogP) is 3.79. The Hall–Kier alpha value is -1.76. The summed E-state index contributed by atoms with van der Waals surface area (Å²) in [6.45, 7) is 1.51. The molecule has 8 heteroatoms. The number of carbonyl (C=O) groups is 1. The molecule has 0 aliphatic carbocycles. The van der Waals surface area contributed by atoms with E-state index in [1.54, 1.807) is 48.5 Å². The van der Waals surface area contributed by atoms with Crippen molar-refractivity contribution in [3.63, 3.8) is 0 Å². The van der Waals surface area contributed by atoms with Crippen LogP contribution in [0.2, 0.25) is 10.0 Å². The average Bonchev–Trinajstić information content (AvgIpc) is 2.48. The van der Waals surface area contributed by atoms with Gasteiger partial charge in [-0.3, -0.25) is 9.10 Å². The van der Waals surface area contributed by atoms with Crippen molar-refractivity contribution in [2.45, 2.75) is 13.0 Å². The van der Waals surface area contributed by atoms with Crippen LogP contribution in [-0.4, -0.2) is 26.6 Å². The lowest BCUT2D eigenvalue weighted by molar-refractivity contribution is -0.116. The number of nitrogens with one attached hydrogen (secondary N) is 1. The van der Waals surface area contributed by atoms with Crippen LogP contribution in [0.25, 0.3) is 0 Å². The summed E-state index contributed by atoms with van der Waals surface area (Å²) in [6.07, 6.45) is 1.05. The van der Waals surface area contributed by atoms with E-state index < -0.39 is 22.0 Å². The van der Waals surface area contributed by atoms with Crippen LogP contribution in [-0.2, 0) is 14.8 Å². The molecule has 1 N–H and O–H groups in total. The van der Waals surface area contributed by atoms with Gasteiger partial charge in [0, 0.05) is 15.7 Å². The van der Waals surface area contributed by atoms with E-state index in [0.29, 0.717) is 21.4 Å². The maximum Gasteiger partial charge on any atom is 0.247 e. The monoisotopic (exact) mass is 386 g/mol. The molecule has 0 aliphatic rings. The minimum atomic E-state index is -3.67. The number of hydrogen-bond acceptors (Lipinski definition) is 3. The van der Waals surface area contributed by atoms with Gasteiger partial charge in [-0.05, 0) is 49.4 Å². The van der Waals surface area contributed by atoms with E-state index in [4.69, 9.17) is 23.2 Å². The summed E-state index contributed by atoms with van der Waals surface area (Å²) in [7, 11) is -3.67. The van der Waals surface area contributed by atoms with Crippen LogP contribution in [0, 0.1) is 0 Å². The number of hydrogen-bond donors (Lipinski definition) is 1. The number of anilines is 2. The van der Waals surface area contributed by atoms with E-state index >= 15 is 0 Å². The smallest absolute Gasteiger partial charge is 0.247 e. The Morgan fingerprint density at radius 1 is 1.08 bits per heavy atom. The number of rotatable bonds is 5. The first-order valence-electron chi connectivity index (χ1n) is 7.00. The minimum Gasteiger partial charge on any atom is -0.324 e. The molecule has 0 saturated heterocycles. The van der Waals surface area contributed by atoms with E-state index in [0.717, 1.165) is 10.6 Å². The molecule has 0 saturated carbocycles. The van der Waals surface area contributed by atoms with E-state index in [1.165, 1.54) is 6.92 Å². The number of sulfonamides is 1. The topological polar surface area (TPSA) is 66.5 Å². The van der Waals surface area contributed by atoms with E-state index in [2.05, 4.69) is 5.32 Å². The van der Waals surface area contributed by atoms with Crippen molar-refractivity contribution in [2.75, 3.05) is 15.9 Å². The van der Waals surface area contributed by atoms with Crippen molar-refractivity contribution in [1.82, 2.24) is 0 Å². The molecule has 24 heavy (non-hydrogen) atoms. The van der Waals surface area contributed by atoms with Crippen LogP contribution in [0.4, 0.5) is 11.4 Å².